The van der Waals surface area contributed by atoms with E-state index in [1.807, 2.05) is 63.2 Å². The van der Waals surface area contributed by atoms with Crippen LogP contribution >= 0.6 is 0 Å². The fourth-order valence-corrected chi connectivity index (χ4v) is 2.18. The first-order valence-electron chi connectivity index (χ1n) is 7.82. The number of anilines is 1. The van der Waals surface area contributed by atoms with Gasteiger partial charge in [0.15, 0.2) is 0 Å². The smallest absolute Gasteiger partial charge is 0.227 e. The van der Waals surface area contributed by atoms with Crippen LogP contribution in [0.15, 0.2) is 42.5 Å². The van der Waals surface area contributed by atoms with Gasteiger partial charge in [-0.3, -0.25) is 4.79 Å². The Labute approximate surface area is 137 Å². The SMILES string of the molecule is CCOc1ccccc1NC(=O)CCOc1cc(C)ccc1C. The number of nitrogens with one attached hydrogen (secondary N) is 1. The van der Waals surface area contributed by atoms with Crippen LogP contribution in [0, 0.1) is 13.8 Å². The van der Waals surface area contributed by atoms with Crippen molar-refractivity contribution in [3.05, 3.63) is 53.6 Å². The monoisotopic (exact) mass is 313 g/mol. The minimum absolute atomic E-state index is 0.0949. The van der Waals surface area contributed by atoms with Gasteiger partial charge in [-0.05, 0) is 50.1 Å². The van der Waals surface area contributed by atoms with Crippen molar-refractivity contribution in [2.75, 3.05) is 18.5 Å². The predicted octanol–water partition coefficient (Wildman–Crippen LogP) is 4.11. The molecule has 2 aromatic rings. The normalized spacial score (nSPS) is 10.2. The van der Waals surface area contributed by atoms with Crippen LogP contribution in [-0.2, 0) is 4.79 Å². The Kier molecular flexibility index (Phi) is 6.03. The number of amides is 1. The summed E-state index contributed by atoms with van der Waals surface area (Å²) in [6.07, 6.45) is 0.286. The van der Waals surface area contributed by atoms with Gasteiger partial charge in [0.1, 0.15) is 11.5 Å². The van der Waals surface area contributed by atoms with Crippen LogP contribution in [0.4, 0.5) is 5.69 Å². The summed E-state index contributed by atoms with van der Waals surface area (Å²) in [6, 6.07) is 13.5. The van der Waals surface area contributed by atoms with Crippen molar-refractivity contribution < 1.29 is 14.3 Å². The molecule has 0 radical (unpaired) electrons. The van der Waals surface area contributed by atoms with Gasteiger partial charge in [-0.2, -0.15) is 0 Å². The summed E-state index contributed by atoms with van der Waals surface area (Å²) in [5.74, 6) is 1.41. The van der Waals surface area contributed by atoms with Gasteiger partial charge in [0.2, 0.25) is 5.91 Å². The number of hydrogen-bond donors (Lipinski definition) is 1. The zero-order chi connectivity index (χ0) is 16.7. The molecule has 0 spiro atoms. The Hall–Kier alpha value is -2.49. The lowest BCUT2D eigenvalue weighted by Crippen LogP contribution is -2.16. The fourth-order valence-electron chi connectivity index (χ4n) is 2.18. The molecule has 2 rings (SSSR count). The standard InChI is InChI=1S/C19H23NO3/c1-4-22-17-8-6-5-7-16(17)20-19(21)11-12-23-18-13-14(2)9-10-15(18)3/h5-10,13H,4,11-12H2,1-3H3,(H,20,21). The molecule has 23 heavy (non-hydrogen) atoms. The molecule has 0 aliphatic carbocycles. The molecule has 1 N–H and O–H groups in total. The Balaban J connectivity index is 1.87. The second kappa shape index (κ2) is 8.22. The van der Waals surface area contributed by atoms with Gasteiger partial charge in [0.05, 0.1) is 25.3 Å². The number of ether oxygens (including phenoxy) is 2. The van der Waals surface area contributed by atoms with Gasteiger partial charge in [-0.25, -0.2) is 0 Å². The summed E-state index contributed by atoms with van der Waals surface area (Å²) < 4.78 is 11.2. The lowest BCUT2D eigenvalue weighted by molar-refractivity contribution is -0.116. The van der Waals surface area contributed by atoms with Crippen molar-refractivity contribution in [2.45, 2.75) is 27.2 Å². The highest BCUT2D eigenvalue weighted by Crippen LogP contribution is 2.24. The van der Waals surface area contributed by atoms with E-state index in [0.717, 1.165) is 16.9 Å². The van der Waals surface area contributed by atoms with Gasteiger partial charge in [0, 0.05) is 0 Å². The molecule has 0 saturated carbocycles. The maximum atomic E-state index is 12.1. The molecule has 122 valence electrons. The molecule has 0 fully saturated rings. The minimum Gasteiger partial charge on any atom is -0.493 e. The van der Waals surface area contributed by atoms with Crippen LogP contribution in [0.3, 0.4) is 0 Å². The van der Waals surface area contributed by atoms with E-state index >= 15 is 0 Å². The minimum atomic E-state index is -0.0949. The van der Waals surface area contributed by atoms with Gasteiger partial charge in [-0.1, -0.05) is 24.3 Å². The third kappa shape index (κ3) is 5.02. The Bertz CT molecular complexity index is 667. The Morgan fingerprint density at radius 1 is 1.04 bits per heavy atom. The zero-order valence-electron chi connectivity index (χ0n) is 13.9. The highest BCUT2D eigenvalue weighted by atomic mass is 16.5. The van der Waals surface area contributed by atoms with Gasteiger partial charge in [-0.15, -0.1) is 0 Å². The molecule has 4 nitrogen and oxygen atoms in total. The number of hydrogen-bond acceptors (Lipinski definition) is 3. The maximum absolute atomic E-state index is 12.1. The molecule has 0 aliphatic rings. The number of rotatable bonds is 7. The molecule has 0 aliphatic heterocycles. The largest absolute Gasteiger partial charge is 0.493 e. The number of aryl methyl sites for hydroxylation is 2. The molecular weight excluding hydrogens is 290 g/mol. The molecule has 1 amide bonds. The Morgan fingerprint density at radius 2 is 1.83 bits per heavy atom. The second-order valence-corrected chi connectivity index (χ2v) is 5.34. The summed E-state index contributed by atoms with van der Waals surface area (Å²) in [5, 5.41) is 2.86. The van der Waals surface area contributed by atoms with Crippen LogP contribution in [0.25, 0.3) is 0 Å². The molecule has 0 unspecified atom stereocenters. The number of carbonyl (C=O) groups is 1. The van der Waals surface area contributed by atoms with Crippen LogP contribution in [-0.4, -0.2) is 19.1 Å². The molecule has 0 saturated heterocycles. The first-order valence-corrected chi connectivity index (χ1v) is 7.82. The number of carbonyl (C=O) groups excluding carboxylic acids is 1. The molecule has 0 aromatic heterocycles. The molecular formula is C19H23NO3. The van der Waals surface area contributed by atoms with E-state index in [4.69, 9.17) is 9.47 Å². The van der Waals surface area contributed by atoms with Gasteiger partial charge >= 0.3 is 0 Å². The van der Waals surface area contributed by atoms with E-state index in [2.05, 4.69) is 5.32 Å². The highest BCUT2D eigenvalue weighted by molar-refractivity contribution is 5.92. The van der Waals surface area contributed by atoms with Crippen molar-refractivity contribution in [2.24, 2.45) is 0 Å². The lowest BCUT2D eigenvalue weighted by Gasteiger charge is -2.12. The van der Waals surface area contributed by atoms with Gasteiger partial charge in [0.25, 0.3) is 0 Å². The first kappa shape index (κ1) is 16.9. The van der Waals surface area contributed by atoms with E-state index < -0.39 is 0 Å². The van der Waals surface area contributed by atoms with Crippen molar-refractivity contribution in [3.63, 3.8) is 0 Å². The van der Waals surface area contributed by atoms with Crippen LogP contribution < -0.4 is 14.8 Å². The third-order valence-electron chi connectivity index (χ3n) is 3.39. The predicted molar refractivity (Wildman–Crippen MR) is 92.3 cm³/mol. The lowest BCUT2D eigenvalue weighted by atomic mass is 10.1. The third-order valence-corrected chi connectivity index (χ3v) is 3.39. The highest BCUT2D eigenvalue weighted by Gasteiger charge is 2.08. The van der Waals surface area contributed by atoms with E-state index in [9.17, 15) is 4.79 Å². The van der Waals surface area contributed by atoms with Crippen molar-refractivity contribution >= 4 is 11.6 Å². The van der Waals surface area contributed by atoms with E-state index in [-0.39, 0.29) is 12.3 Å². The molecule has 2 aromatic carbocycles. The Morgan fingerprint density at radius 3 is 2.61 bits per heavy atom. The summed E-state index contributed by atoms with van der Waals surface area (Å²) in [4.78, 5) is 12.1. The summed E-state index contributed by atoms with van der Waals surface area (Å²) in [6.45, 7) is 6.82. The average Bonchev–Trinajstić information content (AvgIpc) is 2.53. The van der Waals surface area contributed by atoms with E-state index in [1.54, 1.807) is 0 Å². The topological polar surface area (TPSA) is 47.6 Å². The van der Waals surface area contributed by atoms with Crippen molar-refractivity contribution in [3.8, 4) is 11.5 Å². The zero-order valence-corrected chi connectivity index (χ0v) is 13.9. The molecule has 0 heterocycles. The summed E-state index contributed by atoms with van der Waals surface area (Å²) in [5.41, 5.74) is 2.89. The first-order chi connectivity index (χ1) is 11.1. The van der Waals surface area contributed by atoms with Crippen LogP contribution in [0.1, 0.15) is 24.5 Å². The second-order valence-electron chi connectivity index (χ2n) is 5.34. The number of para-hydroxylation sites is 2. The van der Waals surface area contributed by atoms with E-state index in [0.29, 0.717) is 24.7 Å². The van der Waals surface area contributed by atoms with E-state index in [1.165, 1.54) is 0 Å². The summed E-state index contributed by atoms with van der Waals surface area (Å²) >= 11 is 0. The molecule has 0 atom stereocenters. The molecule has 4 heteroatoms. The van der Waals surface area contributed by atoms with Crippen LogP contribution in [0.2, 0.25) is 0 Å². The maximum Gasteiger partial charge on any atom is 0.227 e. The fraction of sp³-hybridized carbons (Fsp3) is 0.316. The van der Waals surface area contributed by atoms with Gasteiger partial charge < -0.3 is 14.8 Å². The van der Waals surface area contributed by atoms with Crippen molar-refractivity contribution in [1.82, 2.24) is 0 Å². The summed E-state index contributed by atoms with van der Waals surface area (Å²) in [7, 11) is 0. The van der Waals surface area contributed by atoms with Crippen molar-refractivity contribution in [1.29, 1.82) is 0 Å². The average molecular weight is 313 g/mol. The van der Waals surface area contributed by atoms with Crippen LogP contribution in [0.5, 0.6) is 11.5 Å². The number of benzene rings is 2. The molecule has 0 bridgehead atoms. The quantitative estimate of drug-likeness (QED) is 0.837.